The number of alkyl halides is 1. The third-order valence-corrected chi connectivity index (χ3v) is 6.33. The second-order valence-electron chi connectivity index (χ2n) is 10.2. The van der Waals surface area contributed by atoms with Crippen molar-refractivity contribution in [2.45, 2.75) is 109 Å². The number of aliphatic hydroxyl groups excluding tert-OH is 6. The zero-order chi connectivity index (χ0) is 43.3. The van der Waals surface area contributed by atoms with Crippen LogP contribution in [-0.2, 0) is 54.2 Å². The fraction of sp³-hybridized carbons (Fsp3) is 0.871. The third kappa shape index (κ3) is 91.8. The molecule has 3 aliphatic carbocycles. The van der Waals surface area contributed by atoms with Gasteiger partial charge in [-0.3, -0.25) is 9.18 Å². The van der Waals surface area contributed by atoms with Gasteiger partial charge in [-0.15, -0.1) is 0 Å². The molecule has 3 saturated carbocycles. The Kier molecular flexibility index (Phi) is 105. The van der Waals surface area contributed by atoms with Crippen LogP contribution in [0.1, 0.15) is 91.8 Å². The van der Waals surface area contributed by atoms with E-state index in [1.54, 1.807) is 6.92 Å². The SMILES string of the molecule is CCC(=O)O.O.OCCO.OCCO.OCCO.[2H]CF.[CH2-][C@@H]1CCCC[C@H]1[NH-].[CH2-][C@@H]1CCCC[C@H]1[NH-].[CH2-][C@@H]1CCCC[C@H]1[NH-].[Cl][Pt+2][Cl].[Cl][Pt+2][Cl].[Cl][Pt+2][Cl]. The van der Waals surface area contributed by atoms with Crippen molar-refractivity contribution < 1.29 is 101 Å². The molecule has 3 aliphatic rings. The van der Waals surface area contributed by atoms with E-state index in [0.717, 1.165) is 19.3 Å². The molecule has 340 valence electrons. The van der Waals surface area contributed by atoms with Crippen LogP contribution in [0.25, 0.3) is 17.2 Å². The molecule has 0 aromatic carbocycles. The molecule has 0 unspecified atom stereocenters. The van der Waals surface area contributed by atoms with Crippen LogP contribution in [0, 0.1) is 38.5 Å². The average molecular weight is 1440 g/mol. The van der Waals surface area contributed by atoms with Gasteiger partial charge < -0.3 is 79.2 Å². The van der Waals surface area contributed by atoms with Gasteiger partial charge in [0.05, 0.1) is 48.2 Å². The van der Waals surface area contributed by atoms with E-state index in [0.29, 0.717) is 17.8 Å². The topological polar surface area (TPSA) is 262 Å². The summed E-state index contributed by atoms with van der Waals surface area (Å²) in [5.41, 5.74) is 22.2. The average Bonchev–Trinajstić information content (AvgIpc) is 3.14. The normalized spacial score (nSPS) is 22.0. The van der Waals surface area contributed by atoms with E-state index in [-0.39, 0.29) is 69.7 Å². The van der Waals surface area contributed by atoms with Crippen LogP contribution in [-0.4, -0.2) is 112 Å². The predicted molar refractivity (Wildman–Crippen MR) is 212 cm³/mol. The number of nitrogens with one attached hydrogen (secondary N) is 3. The first-order valence-corrected chi connectivity index (χ1v) is 32.8. The zero-order valence-electron chi connectivity index (χ0n) is 31.4. The molecule has 0 aromatic heterocycles. The van der Waals surface area contributed by atoms with Gasteiger partial charge in [-0.05, 0) is 0 Å². The van der Waals surface area contributed by atoms with Crippen LogP contribution >= 0.6 is 56.5 Å². The number of halogens is 7. The summed E-state index contributed by atoms with van der Waals surface area (Å²) in [7, 11) is 28.2. The summed E-state index contributed by atoms with van der Waals surface area (Å²) in [6.45, 7) is 12.5. The first-order valence-electron chi connectivity index (χ1n) is 16.6. The molecule has 0 radical (unpaired) electrons. The number of hydrogen-bond donors (Lipinski definition) is 7. The van der Waals surface area contributed by atoms with E-state index in [1.807, 2.05) is 0 Å². The first kappa shape index (κ1) is 73.3. The Labute approximate surface area is 371 Å². The maximum atomic E-state index is 9.96. The van der Waals surface area contributed by atoms with E-state index in [4.69, 9.17) is 111 Å². The molecule has 0 saturated heterocycles. The van der Waals surface area contributed by atoms with Gasteiger partial charge in [0.2, 0.25) is 0 Å². The molecule has 3 rings (SSSR count). The monoisotopic (exact) mass is 1440 g/mol. The molecular weight excluding hydrogens is 1380 g/mol. The van der Waals surface area contributed by atoms with Crippen molar-refractivity contribution in [1.29, 1.82) is 0 Å². The van der Waals surface area contributed by atoms with E-state index >= 15 is 0 Å². The number of hydrogen-bond acceptors (Lipinski definition) is 7. The van der Waals surface area contributed by atoms with Crippen LogP contribution in [0.5, 0.6) is 0 Å². The summed E-state index contributed by atoms with van der Waals surface area (Å²) in [5.74, 6) is 0.515. The number of carboxylic acids is 1. The molecule has 0 amide bonds. The van der Waals surface area contributed by atoms with Crippen molar-refractivity contribution in [2.75, 3.05) is 46.8 Å². The number of aliphatic hydroxyl groups is 6. The van der Waals surface area contributed by atoms with Gasteiger partial charge in [0.25, 0.3) is 0 Å². The summed E-state index contributed by atoms with van der Waals surface area (Å²) >= 11 is -1.42. The van der Waals surface area contributed by atoms with Crippen molar-refractivity contribution in [3.63, 3.8) is 0 Å². The van der Waals surface area contributed by atoms with Crippen LogP contribution in [0.4, 0.5) is 4.39 Å². The fourth-order valence-corrected chi connectivity index (χ4v) is 3.62. The quantitative estimate of drug-likeness (QED) is 0.134. The van der Waals surface area contributed by atoms with Gasteiger partial charge >= 0.3 is 112 Å². The molecule has 53 heavy (non-hydrogen) atoms. The van der Waals surface area contributed by atoms with E-state index in [1.165, 1.54) is 57.8 Å². The van der Waals surface area contributed by atoms with E-state index in [9.17, 15) is 9.18 Å². The number of rotatable bonds is 4. The molecule has 0 aliphatic heterocycles. The van der Waals surface area contributed by atoms with Crippen LogP contribution < -0.4 is 0 Å². The first-order chi connectivity index (χ1) is 25.1. The van der Waals surface area contributed by atoms with E-state index < -0.39 is 62.6 Å². The van der Waals surface area contributed by atoms with Gasteiger partial charge in [-0.25, -0.2) is 0 Å². The Hall–Kier alpha value is 2.80. The van der Waals surface area contributed by atoms with Gasteiger partial charge in [0.1, 0.15) is 0 Å². The van der Waals surface area contributed by atoms with Crippen molar-refractivity contribution >= 4 is 62.5 Å². The Morgan fingerprint density at radius 3 is 0.792 bits per heavy atom. The van der Waals surface area contributed by atoms with Crippen molar-refractivity contribution in [3.05, 3.63) is 38.0 Å². The molecule has 0 aromatic rings. The molecular formula is C31H68Cl6FN3O9Pt3. The maximum absolute atomic E-state index is 9.96. The Morgan fingerprint density at radius 2 is 0.736 bits per heavy atom. The molecule has 0 bridgehead atoms. The summed E-state index contributed by atoms with van der Waals surface area (Å²) in [6, 6.07) is 0.427. The molecule has 12 N–H and O–H groups in total. The van der Waals surface area contributed by atoms with Gasteiger partial charge in [-0.2, -0.15) is 35.9 Å². The Balaban J connectivity index is -0.0000000604. The minimum atomic E-state index is -1.00. The van der Waals surface area contributed by atoms with Crippen LogP contribution in [0.15, 0.2) is 0 Å². The van der Waals surface area contributed by atoms with Crippen molar-refractivity contribution in [2.24, 2.45) is 17.8 Å². The van der Waals surface area contributed by atoms with Gasteiger partial charge in [0.15, 0.2) is 0 Å². The number of carboxylic acid groups (broad SMARTS) is 1. The second-order valence-corrected chi connectivity index (χ2v) is 20.0. The molecule has 0 heterocycles. The molecule has 0 spiro atoms. The van der Waals surface area contributed by atoms with E-state index in [2.05, 4.69) is 20.8 Å². The summed E-state index contributed by atoms with van der Waals surface area (Å²) < 4.78 is 15.5. The molecule has 12 nitrogen and oxygen atoms in total. The Morgan fingerprint density at radius 1 is 0.604 bits per heavy atom. The van der Waals surface area contributed by atoms with Gasteiger partial charge in [-0.1, -0.05) is 84.0 Å². The predicted octanol–water partition coefficient (Wildman–Crippen LogP) is 8.58. The molecule has 22 heteroatoms. The summed E-state index contributed by atoms with van der Waals surface area (Å²) in [4.78, 5) is 9.37. The minimum absolute atomic E-state index is 0. The zero-order valence-corrected chi connectivity index (χ0v) is 41.7. The van der Waals surface area contributed by atoms with Crippen LogP contribution in [0.2, 0.25) is 0 Å². The fourth-order valence-electron chi connectivity index (χ4n) is 3.62. The number of carbonyl (C=O) groups is 1. The number of aliphatic carboxylic acids is 1. The third-order valence-electron chi connectivity index (χ3n) is 6.33. The molecule has 6 atom stereocenters. The standard InChI is InChI=1S/3C7H13N.C3H6O2.3C2H6O2.CH3F.6ClH.H2O.3Pt/c3*1-6-4-2-3-5-7(6)8;1-2-3(4)5;3*3-1-2-4;1-2;;;;;;;;;;/h3*6-8H,1-5H2;2H2,1H3,(H,4,5);3*3-4H,1-2H2;1H3;6*1H;1H2;;;/q3*-2;;;;;;;;;;;;;3*+4/p-6/t3*6-,7-;;;;;;;;;;;;;;;/m111.............../s1/i;;;;;;;1D;;;;;;;;;;. The van der Waals surface area contributed by atoms with Gasteiger partial charge in [0, 0.05) is 6.42 Å². The Bertz CT molecular complexity index is 521. The summed E-state index contributed by atoms with van der Waals surface area (Å²) in [5, 5.41) is 53.5. The van der Waals surface area contributed by atoms with Crippen molar-refractivity contribution in [3.8, 4) is 0 Å². The van der Waals surface area contributed by atoms with Crippen LogP contribution in [0.3, 0.4) is 0 Å². The summed E-state index contributed by atoms with van der Waals surface area (Å²) in [6.07, 6.45) is 14.6. The second kappa shape index (κ2) is 75.6. The molecule has 3 fully saturated rings. The van der Waals surface area contributed by atoms with Crippen molar-refractivity contribution in [1.82, 2.24) is 0 Å².